The first-order chi connectivity index (χ1) is 8.70. The predicted molar refractivity (Wildman–Crippen MR) is 63.9 cm³/mol. The molecule has 0 aliphatic rings. The lowest BCUT2D eigenvalue weighted by molar-refractivity contribution is 0.539. The number of nitrogens with zero attached hydrogens (tertiary/aromatic N) is 2. The molecule has 1 aromatic carbocycles. The number of likely N-dealkylation sites (N-methyl/N-ethyl adjacent to an activating group) is 1. The Labute approximate surface area is 104 Å². The molecule has 1 unspecified atom stereocenters. The van der Waals surface area contributed by atoms with Crippen molar-refractivity contribution >= 4 is 0 Å². The zero-order chi connectivity index (χ0) is 13.0. The molecule has 0 fully saturated rings. The van der Waals surface area contributed by atoms with Crippen LogP contribution >= 0.6 is 0 Å². The molecule has 1 heterocycles. The Bertz CT molecular complexity index is 517. The molecule has 1 N–H and O–H groups in total. The minimum atomic E-state index is -0.567. The summed E-state index contributed by atoms with van der Waals surface area (Å²) in [7, 11) is 1.78. The molecule has 0 spiro atoms. The summed E-state index contributed by atoms with van der Waals surface area (Å²) < 4.78 is 26.4. The van der Waals surface area contributed by atoms with E-state index in [2.05, 4.69) is 15.5 Å². The van der Waals surface area contributed by atoms with Crippen molar-refractivity contribution in [1.29, 1.82) is 0 Å². The van der Waals surface area contributed by atoms with Crippen LogP contribution in [0.3, 0.4) is 0 Å². The average Bonchev–Trinajstić information content (AvgIpc) is 2.39. The number of benzene rings is 1. The van der Waals surface area contributed by atoms with Gasteiger partial charge in [0, 0.05) is 18.3 Å². The zero-order valence-electron chi connectivity index (χ0n) is 9.90. The van der Waals surface area contributed by atoms with E-state index < -0.39 is 11.6 Å². The Hall–Kier alpha value is -1.88. The van der Waals surface area contributed by atoms with Gasteiger partial charge in [0.05, 0.1) is 6.20 Å². The molecule has 0 radical (unpaired) electrons. The zero-order valence-corrected chi connectivity index (χ0v) is 9.90. The van der Waals surface area contributed by atoms with Crippen LogP contribution in [-0.2, 0) is 6.42 Å². The Morgan fingerprint density at radius 1 is 1.22 bits per heavy atom. The lowest BCUT2D eigenvalue weighted by Crippen LogP contribution is -2.19. The highest BCUT2D eigenvalue weighted by atomic mass is 19.1. The fourth-order valence-corrected chi connectivity index (χ4v) is 1.80. The van der Waals surface area contributed by atoms with Crippen molar-refractivity contribution in [2.24, 2.45) is 0 Å². The molecule has 2 rings (SSSR count). The quantitative estimate of drug-likeness (QED) is 0.903. The first kappa shape index (κ1) is 12.6. The number of hydrogen-bond acceptors (Lipinski definition) is 3. The maximum absolute atomic E-state index is 13.6. The Morgan fingerprint density at radius 2 is 2.06 bits per heavy atom. The lowest BCUT2D eigenvalue weighted by atomic mass is 10.0. The third-order valence-electron chi connectivity index (χ3n) is 2.80. The summed E-state index contributed by atoms with van der Waals surface area (Å²) in [5.41, 5.74) is 1.38. The molecule has 0 aliphatic carbocycles. The van der Waals surface area contributed by atoms with Crippen molar-refractivity contribution in [3.8, 4) is 0 Å². The van der Waals surface area contributed by atoms with Crippen molar-refractivity contribution in [3.63, 3.8) is 0 Å². The molecule has 94 valence electrons. The van der Waals surface area contributed by atoms with Crippen LogP contribution in [0.1, 0.15) is 17.2 Å². The van der Waals surface area contributed by atoms with Crippen molar-refractivity contribution < 1.29 is 8.78 Å². The van der Waals surface area contributed by atoms with Crippen molar-refractivity contribution in [2.45, 2.75) is 12.5 Å². The van der Waals surface area contributed by atoms with Gasteiger partial charge in [0.2, 0.25) is 0 Å². The molecule has 18 heavy (non-hydrogen) atoms. The van der Waals surface area contributed by atoms with Crippen LogP contribution in [0.25, 0.3) is 0 Å². The van der Waals surface area contributed by atoms with E-state index in [1.807, 2.05) is 6.07 Å². The summed E-state index contributed by atoms with van der Waals surface area (Å²) in [6.45, 7) is 0. The third kappa shape index (κ3) is 2.87. The average molecular weight is 249 g/mol. The van der Waals surface area contributed by atoms with Gasteiger partial charge in [-0.25, -0.2) is 8.78 Å². The first-order valence-electron chi connectivity index (χ1n) is 5.58. The normalized spacial score (nSPS) is 12.4. The smallest absolute Gasteiger partial charge is 0.129 e. The van der Waals surface area contributed by atoms with Crippen molar-refractivity contribution in [1.82, 2.24) is 15.5 Å². The van der Waals surface area contributed by atoms with Crippen LogP contribution in [0.2, 0.25) is 0 Å². The molecule has 2 aromatic rings. The number of halogens is 2. The van der Waals surface area contributed by atoms with Crippen LogP contribution in [0, 0.1) is 11.6 Å². The summed E-state index contributed by atoms with van der Waals surface area (Å²) in [6, 6.07) is 5.35. The minimum Gasteiger partial charge on any atom is -0.313 e. The molecule has 0 saturated heterocycles. The fraction of sp³-hybridized carbons (Fsp3) is 0.231. The number of aromatic nitrogens is 2. The van der Waals surface area contributed by atoms with Crippen LogP contribution in [-0.4, -0.2) is 17.2 Å². The number of rotatable bonds is 4. The predicted octanol–water partition coefficient (Wildman–Crippen LogP) is 2.26. The van der Waals surface area contributed by atoms with Gasteiger partial charge in [-0.05, 0) is 36.7 Å². The summed E-state index contributed by atoms with van der Waals surface area (Å²) >= 11 is 0. The number of nitrogens with one attached hydrogen (secondary N) is 1. The standard InChI is InChI=1S/C13H13F2N3/c1-16-13(10-4-5-17-18-8-10)6-9-2-3-11(14)7-12(9)15/h2-5,7-8,13,16H,6H2,1H3. The van der Waals surface area contributed by atoms with Crippen molar-refractivity contribution in [2.75, 3.05) is 7.05 Å². The van der Waals surface area contributed by atoms with E-state index >= 15 is 0 Å². The minimum absolute atomic E-state index is 0.0829. The van der Waals surface area contributed by atoms with Gasteiger partial charge in [0.15, 0.2) is 0 Å². The van der Waals surface area contributed by atoms with Gasteiger partial charge in [0.1, 0.15) is 11.6 Å². The van der Waals surface area contributed by atoms with Gasteiger partial charge in [-0.3, -0.25) is 0 Å². The van der Waals surface area contributed by atoms with Gasteiger partial charge in [0.25, 0.3) is 0 Å². The van der Waals surface area contributed by atoms with E-state index in [0.717, 1.165) is 11.6 Å². The lowest BCUT2D eigenvalue weighted by Gasteiger charge is -2.16. The van der Waals surface area contributed by atoms with Crippen LogP contribution in [0.4, 0.5) is 8.78 Å². The van der Waals surface area contributed by atoms with Crippen LogP contribution < -0.4 is 5.32 Å². The molecular formula is C13H13F2N3. The molecule has 3 nitrogen and oxygen atoms in total. The molecule has 5 heteroatoms. The van der Waals surface area contributed by atoms with E-state index in [1.165, 1.54) is 12.1 Å². The van der Waals surface area contributed by atoms with E-state index in [0.29, 0.717) is 12.0 Å². The monoisotopic (exact) mass is 249 g/mol. The van der Waals surface area contributed by atoms with Gasteiger partial charge in [-0.2, -0.15) is 10.2 Å². The Kier molecular flexibility index (Phi) is 3.94. The molecule has 0 aliphatic heterocycles. The second-order valence-corrected chi connectivity index (χ2v) is 3.96. The Balaban J connectivity index is 2.21. The van der Waals surface area contributed by atoms with Crippen molar-refractivity contribution in [3.05, 3.63) is 59.4 Å². The highest BCUT2D eigenvalue weighted by Gasteiger charge is 2.13. The summed E-state index contributed by atoms with van der Waals surface area (Å²) in [5.74, 6) is -1.10. The van der Waals surface area contributed by atoms with Gasteiger partial charge >= 0.3 is 0 Å². The SMILES string of the molecule is CNC(Cc1ccc(F)cc1F)c1ccnnc1. The molecule has 1 aromatic heterocycles. The molecule has 0 amide bonds. The van der Waals surface area contributed by atoms with E-state index in [-0.39, 0.29) is 6.04 Å². The second-order valence-electron chi connectivity index (χ2n) is 3.96. The molecule has 0 saturated carbocycles. The largest absolute Gasteiger partial charge is 0.313 e. The van der Waals surface area contributed by atoms with Gasteiger partial charge in [-0.1, -0.05) is 6.07 Å². The maximum atomic E-state index is 13.6. The first-order valence-corrected chi connectivity index (χ1v) is 5.58. The van der Waals surface area contributed by atoms with Crippen LogP contribution in [0.15, 0.2) is 36.7 Å². The number of hydrogen-bond donors (Lipinski definition) is 1. The van der Waals surface area contributed by atoms with E-state index in [1.54, 1.807) is 19.4 Å². The van der Waals surface area contributed by atoms with Gasteiger partial charge in [-0.15, -0.1) is 0 Å². The second kappa shape index (κ2) is 5.64. The maximum Gasteiger partial charge on any atom is 0.129 e. The summed E-state index contributed by atoms with van der Waals surface area (Å²) in [5, 5.41) is 10.6. The highest BCUT2D eigenvalue weighted by Crippen LogP contribution is 2.19. The topological polar surface area (TPSA) is 37.8 Å². The van der Waals surface area contributed by atoms with E-state index in [9.17, 15) is 8.78 Å². The summed E-state index contributed by atoms with van der Waals surface area (Å²) in [6.07, 6.45) is 3.64. The van der Waals surface area contributed by atoms with Crippen LogP contribution in [0.5, 0.6) is 0 Å². The molecular weight excluding hydrogens is 236 g/mol. The molecule has 1 atom stereocenters. The fourth-order valence-electron chi connectivity index (χ4n) is 1.80. The van der Waals surface area contributed by atoms with E-state index in [4.69, 9.17) is 0 Å². The molecule has 0 bridgehead atoms. The van der Waals surface area contributed by atoms with Gasteiger partial charge < -0.3 is 5.32 Å². The Morgan fingerprint density at radius 3 is 2.67 bits per heavy atom. The third-order valence-corrected chi connectivity index (χ3v) is 2.80. The highest BCUT2D eigenvalue weighted by molar-refractivity contribution is 5.22. The summed E-state index contributed by atoms with van der Waals surface area (Å²) in [4.78, 5) is 0.